The van der Waals surface area contributed by atoms with E-state index in [1.54, 1.807) is 0 Å². The summed E-state index contributed by atoms with van der Waals surface area (Å²) in [6, 6.07) is 41.4. The van der Waals surface area contributed by atoms with E-state index in [9.17, 15) is 0 Å². The number of aromatic nitrogens is 1. The molecule has 6 rings (SSSR count). The van der Waals surface area contributed by atoms with Gasteiger partial charge < -0.3 is 4.90 Å². The molecule has 0 saturated carbocycles. The van der Waals surface area contributed by atoms with Crippen molar-refractivity contribution in [2.75, 3.05) is 4.90 Å². The molecule has 1 aliphatic carbocycles. The second-order valence-electron chi connectivity index (χ2n) is 9.50. The molecule has 4 aromatic carbocycles. The van der Waals surface area contributed by atoms with Crippen molar-refractivity contribution in [3.8, 4) is 22.4 Å². The Balaban J connectivity index is 1.53. The van der Waals surface area contributed by atoms with Gasteiger partial charge in [-0.3, -0.25) is 4.98 Å². The number of pyridine rings is 1. The molecule has 0 aliphatic heterocycles. The first kappa shape index (κ1) is 22.3. The van der Waals surface area contributed by atoms with E-state index in [-0.39, 0.29) is 5.41 Å². The zero-order valence-electron chi connectivity index (χ0n) is 20.9. The number of anilines is 3. The molecule has 2 nitrogen and oxygen atoms in total. The molecule has 5 aromatic rings. The van der Waals surface area contributed by atoms with Crippen LogP contribution in [0.1, 0.15) is 37.8 Å². The van der Waals surface area contributed by atoms with Gasteiger partial charge in [-0.25, -0.2) is 0 Å². The second-order valence-corrected chi connectivity index (χ2v) is 9.50. The highest BCUT2D eigenvalue weighted by Gasteiger charge is 2.41. The normalized spacial score (nSPS) is 13.2. The van der Waals surface area contributed by atoms with Crippen LogP contribution in [0.5, 0.6) is 0 Å². The lowest BCUT2D eigenvalue weighted by Gasteiger charge is -2.32. The van der Waals surface area contributed by atoms with Crippen molar-refractivity contribution >= 4 is 17.1 Å². The summed E-state index contributed by atoms with van der Waals surface area (Å²) in [6.07, 6.45) is 3.98. The van der Waals surface area contributed by atoms with Gasteiger partial charge in [0.1, 0.15) is 0 Å². The molecule has 0 saturated heterocycles. The third-order valence-electron chi connectivity index (χ3n) is 7.80. The first-order valence-corrected chi connectivity index (χ1v) is 12.9. The van der Waals surface area contributed by atoms with E-state index in [0.717, 1.165) is 29.9 Å². The molecule has 2 heteroatoms. The fourth-order valence-corrected chi connectivity index (χ4v) is 5.93. The van der Waals surface area contributed by atoms with E-state index < -0.39 is 0 Å². The summed E-state index contributed by atoms with van der Waals surface area (Å²) in [4.78, 5) is 6.98. The van der Waals surface area contributed by atoms with Gasteiger partial charge >= 0.3 is 0 Å². The predicted molar refractivity (Wildman–Crippen MR) is 151 cm³/mol. The highest BCUT2D eigenvalue weighted by atomic mass is 15.1. The molecule has 1 heterocycles. The first-order valence-electron chi connectivity index (χ1n) is 12.9. The number of hydrogen-bond donors (Lipinski definition) is 0. The van der Waals surface area contributed by atoms with Gasteiger partial charge in [-0.15, -0.1) is 0 Å². The fourth-order valence-electron chi connectivity index (χ4n) is 5.93. The van der Waals surface area contributed by atoms with E-state index in [1.807, 2.05) is 12.3 Å². The Morgan fingerprint density at radius 3 is 1.75 bits per heavy atom. The minimum Gasteiger partial charge on any atom is -0.310 e. The maximum atomic E-state index is 4.62. The van der Waals surface area contributed by atoms with Gasteiger partial charge in [-0.1, -0.05) is 74.5 Å². The average Bonchev–Trinajstić information content (AvgIpc) is 3.23. The maximum absolute atomic E-state index is 4.62. The summed E-state index contributed by atoms with van der Waals surface area (Å²) >= 11 is 0. The van der Waals surface area contributed by atoms with Gasteiger partial charge in [0.25, 0.3) is 0 Å². The van der Waals surface area contributed by atoms with Crippen LogP contribution < -0.4 is 4.90 Å². The van der Waals surface area contributed by atoms with Crippen LogP contribution in [-0.4, -0.2) is 4.98 Å². The van der Waals surface area contributed by atoms with Crippen molar-refractivity contribution in [2.45, 2.75) is 32.1 Å². The minimum absolute atomic E-state index is 0.0233. The molecule has 0 radical (unpaired) electrons. The van der Waals surface area contributed by atoms with Crippen LogP contribution in [0.25, 0.3) is 22.4 Å². The van der Waals surface area contributed by atoms with Gasteiger partial charge in [0.2, 0.25) is 0 Å². The Kier molecular flexibility index (Phi) is 5.65. The highest BCUT2D eigenvalue weighted by Crippen LogP contribution is 2.54. The molecule has 0 amide bonds. The zero-order valence-corrected chi connectivity index (χ0v) is 20.9. The molecule has 0 fully saturated rings. The standard InChI is InChI=1S/C34H30N2/c1-3-34(4-2)31-23-25(33-17-11-12-22-35-33)18-20-29(31)30-21-19-28(24-32(30)34)36(26-13-7-5-8-14-26)27-15-9-6-10-16-27/h5-24H,3-4H2,1-2H3. The Labute approximate surface area is 213 Å². The summed E-state index contributed by atoms with van der Waals surface area (Å²) in [7, 11) is 0. The largest absolute Gasteiger partial charge is 0.310 e. The predicted octanol–water partition coefficient (Wildman–Crippen LogP) is 9.30. The molecule has 36 heavy (non-hydrogen) atoms. The Morgan fingerprint density at radius 1 is 0.583 bits per heavy atom. The molecule has 0 N–H and O–H groups in total. The van der Waals surface area contributed by atoms with E-state index >= 15 is 0 Å². The molecule has 176 valence electrons. The first-order chi connectivity index (χ1) is 17.7. The highest BCUT2D eigenvalue weighted by molar-refractivity contribution is 5.87. The minimum atomic E-state index is -0.0233. The van der Waals surface area contributed by atoms with Crippen LogP contribution in [-0.2, 0) is 5.41 Å². The Bertz CT molecular complexity index is 1450. The van der Waals surface area contributed by atoms with Crippen molar-refractivity contribution in [2.24, 2.45) is 0 Å². The SMILES string of the molecule is CCC1(CC)c2cc(-c3ccccn3)ccc2-c2ccc(N(c3ccccc3)c3ccccc3)cc21. The zero-order chi connectivity index (χ0) is 24.5. The lowest BCUT2D eigenvalue weighted by molar-refractivity contribution is 0.490. The molecule has 0 spiro atoms. The van der Waals surface area contributed by atoms with Crippen LogP contribution in [0.3, 0.4) is 0 Å². The topological polar surface area (TPSA) is 16.1 Å². The van der Waals surface area contributed by atoms with Gasteiger partial charge in [-0.05, 0) is 89.7 Å². The van der Waals surface area contributed by atoms with Crippen LogP contribution in [0, 0.1) is 0 Å². The Morgan fingerprint density at radius 2 is 1.17 bits per heavy atom. The fraction of sp³-hybridized carbons (Fsp3) is 0.147. The van der Waals surface area contributed by atoms with Gasteiger partial charge in [0.15, 0.2) is 0 Å². The lowest BCUT2D eigenvalue weighted by atomic mass is 9.73. The number of para-hydroxylation sites is 2. The summed E-state index contributed by atoms with van der Waals surface area (Å²) < 4.78 is 0. The average molecular weight is 467 g/mol. The van der Waals surface area contributed by atoms with E-state index in [1.165, 1.54) is 33.5 Å². The van der Waals surface area contributed by atoms with Crippen LogP contribution in [0.2, 0.25) is 0 Å². The molecule has 0 atom stereocenters. The van der Waals surface area contributed by atoms with E-state index in [2.05, 4.69) is 133 Å². The van der Waals surface area contributed by atoms with Crippen molar-refractivity contribution in [3.05, 3.63) is 133 Å². The van der Waals surface area contributed by atoms with E-state index in [4.69, 9.17) is 0 Å². The molecular weight excluding hydrogens is 436 g/mol. The van der Waals surface area contributed by atoms with Gasteiger partial charge in [0.05, 0.1) is 5.69 Å². The van der Waals surface area contributed by atoms with Crippen molar-refractivity contribution in [3.63, 3.8) is 0 Å². The third kappa shape index (κ3) is 3.53. The summed E-state index contributed by atoms with van der Waals surface area (Å²) in [5, 5.41) is 0. The Hall–Kier alpha value is -4.17. The van der Waals surface area contributed by atoms with Crippen LogP contribution in [0.15, 0.2) is 121 Å². The smallest absolute Gasteiger partial charge is 0.0702 e. The third-order valence-corrected chi connectivity index (χ3v) is 7.80. The van der Waals surface area contributed by atoms with Crippen molar-refractivity contribution in [1.29, 1.82) is 0 Å². The lowest BCUT2D eigenvalue weighted by Crippen LogP contribution is -2.23. The summed E-state index contributed by atoms with van der Waals surface area (Å²) in [6.45, 7) is 4.66. The van der Waals surface area contributed by atoms with Gasteiger partial charge in [0, 0.05) is 34.2 Å². The van der Waals surface area contributed by atoms with Crippen LogP contribution in [0.4, 0.5) is 17.1 Å². The summed E-state index contributed by atoms with van der Waals surface area (Å²) in [5.74, 6) is 0. The summed E-state index contributed by atoms with van der Waals surface area (Å²) in [5.41, 5.74) is 11.3. The molecular formula is C34H30N2. The molecule has 1 aromatic heterocycles. The van der Waals surface area contributed by atoms with E-state index in [0.29, 0.717) is 0 Å². The number of rotatable bonds is 6. The number of nitrogens with zero attached hydrogens (tertiary/aromatic N) is 2. The molecule has 0 bridgehead atoms. The van der Waals surface area contributed by atoms with Gasteiger partial charge in [-0.2, -0.15) is 0 Å². The maximum Gasteiger partial charge on any atom is 0.0702 e. The monoisotopic (exact) mass is 466 g/mol. The quantitative estimate of drug-likeness (QED) is 0.248. The number of benzene rings is 4. The second kappa shape index (κ2) is 9.13. The number of fused-ring (bicyclic) bond motifs is 3. The van der Waals surface area contributed by atoms with Crippen LogP contribution >= 0.6 is 0 Å². The van der Waals surface area contributed by atoms with Crippen molar-refractivity contribution < 1.29 is 0 Å². The molecule has 1 aliphatic rings. The molecule has 0 unspecified atom stereocenters. The van der Waals surface area contributed by atoms with Crippen molar-refractivity contribution in [1.82, 2.24) is 4.98 Å². The number of hydrogen-bond acceptors (Lipinski definition) is 2.